The maximum Gasteiger partial charge on any atom is 0.250 e. The summed E-state index contributed by atoms with van der Waals surface area (Å²) in [6, 6.07) is 15.0. The molecule has 0 unspecified atom stereocenters. The largest absolute Gasteiger partial charge is 0.457 e. The van der Waals surface area contributed by atoms with Crippen LogP contribution in [0.1, 0.15) is 10.4 Å². The highest BCUT2D eigenvalue weighted by atomic mass is 16.5. The van der Waals surface area contributed by atoms with Crippen LogP contribution in [-0.4, -0.2) is 10.9 Å². The summed E-state index contributed by atoms with van der Waals surface area (Å²) in [5.74, 6) is 0.960. The Hall–Kier alpha value is -2.75. The van der Waals surface area contributed by atoms with Gasteiger partial charge in [0.2, 0.25) is 0 Å². The van der Waals surface area contributed by atoms with Gasteiger partial charge in [0.25, 0.3) is 5.91 Å². The molecule has 2 aromatic carbocycles. The van der Waals surface area contributed by atoms with Gasteiger partial charge in [0.15, 0.2) is 0 Å². The van der Waals surface area contributed by atoms with Crippen molar-refractivity contribution in [3.05, 3.63) is 60.3 Å². The van der Waals surface area contributed by atoms with Crippen LogP contribution >= 0.6 is 0 Å². The predicted octanol–water partition coefficient (Wildman–Crippen LogP) is 3.06. The van der Waals surface area contributed by atoms with Crippen LogP contribution in [0.4, 0.5) is 0 Å². The molecule has 0 spiro atoms. The zero-order chi connectivity index (χ0) is 13.2. The highest BCUT2D eigenvalue weighted by Crippen LogP contribution is 2.27. The molecular weight excluding hydrogens is 240 g/mol. The van der Waals surface area contributed by atoms with Gasteiger partial charge in [0.05, 0.1) is 5.56 Å². The Morgan fingerprint density at radius 3 is 2.58 bits per heavy atom. The Morgan fingerprint density at radius 1 is 1.05 bits per heavy atom. The summed E-state index contributed by atoms with van der Waals surface area (Å²) < 4.78 is 5.72. The lowest BCUT2D eigenvalue weighted by molar-refractivity contribution is 0.100. The lowest BCUT2D eigenvalue weighted by Crippen LogP contribution is -2.09. The van der Waals surface area contributed by atoms with Gasteiger partial charge in [0, 0.05) is 17.1 Å². The number of fused-ring (bicyclic) bond motifs is 1. The van der Waals surface area contributed by atoms with E-state index in [-0.39, 0.29) is 0 Å². The van der Waals surface area contributed by atoms with Gasteiger partial charge in [-0.05, 0) is 30.3 Å². The van der Waals surface area contributed by atoms with Crippen LogP contribution in [0.2, 0.25) is 0 Å². The van der Waals surface area contributed by atoms with Crippen molar-refractivity contribution in [1.29, 1.82) is 0 Å². The second kappa shape index (κ2) is 4.49. The van der Waals surface area contributed by atoms with Gasteiger partial charge in [-0.1, -0.05) is 18.2 Å². The van der Waals surface area contributed by atoms with E-state index in [1.54, 1.807) is 12.3 Å². The maximum atomic E-state index is 11.3. The SMILES string of the molecule is NC(=O)c1c[nH]c2ccc(Oc3ccccc3)cc12. The minimum absolute atomic E-state index is 0.455. The molecule has 0 saturated carbocycles. The molecule has 0 aliphatic heterocycles. The lowest BCUT2D eigenvalue weighted by atomic mass is 10.1. The number of H-pyrrole nitrogens is 1. The minimum Gasteiger partial charge on any atom is -0.457 e. The van der Waals surface area contributed by atoms with E-state index < -0.39 is 5.91 Å². The van der Waals surface area contributed by atoms with Gasteiger partial charge in [-0.3, -0.25) is 4.79 Å². The molecule has 3 N–H and O–H groups in total. The van der Waals surface area contributed by atoms with Gasteiger partial charge in [0.1, 0.15) is 11.5 Å². The number of carbonyl (C=O) groups excluding carboxylic acids is 1. The number of hydrogen-bond acceptors (Lipinski definition) is 2. The van der Waals surface area contributed by atoms with Crippen LogP contribution in [0.5, 0.6) is 11.5 Å². The Bertz CT molecular complexity index is 732. The smallest absolute Gasteiger partial charge is 0.250 e. The summed E-state index contributed by atoms with van der Waals surface area (Å²) >= 11 is 0. The molecule has 0 radical (unpaired) electrons. The number of benzene rings is 2. The van der Waals surface area contributed by atoms with E-state index in [1.165, 1.54) is 0 Å². The molecule has 0 aliphatic rings. The van der Waals surface area contributed by atoms with Gasteiger partial charge < -0.3 is 15.5 Å². The molecule has 3 aromatic rings. The number of aromatic nitrogens is 1. The number of rotatable bonds is 3. The topological polar surface area (TPSA) is 68.1 Å². The molecule has 0 aliphatic carbocycles. The number of para-hydroxylation sites is 1. The normalized spacial score (nSPS) is 10.5. The van der Waals surface area contributed by atoms with Crippen LogP contribution in [0.3, 0.4) is 0 Å². The van der Waals surface area contributed by atoms with Crippen LogP contribution in [0.15, 0.2) is 54.7 Å². The van der Waals surface area contributed by atoms with E-state index in [0.29, 0.717) is 11.3 Å². The summed E-state index contributed by atoms with van der Waals surface area (Å²) in [7, 11) is 0. The van der Waals surface area contributed by atoms with E-state index in [1.807, 2.05) is 42.5 Å². The zero-order valence-corrected chi connectivity index (χ0v) is 10.1. The number of hydrogen-bond donors (Lipinski definition) is 2. The van der Waals surface area contributed by atoms with Gasteiger partial charge in [-0.2, -0.15) is 0 Å². The summed E-state index contributed by atoms with van der Waals surface area (Å²) in [6.45, 7) is 0. The molecule has 0 bridgehead atoms. The van der Waals surface area contributed by atoms with Crippen molar-refractivity contribution in [2.75, 3.05) is 0 Å². The fraction of sp³-hybridized carbons (Fsp3) is 0. The fourth-order valence-electron chi connectivity index (χ4n) is 1.99. The molecule has 19 heavy (non-hydrogen) atoms. The third-order valence-electron chi connectivity index (χ3n) is 2.90. The molecule has 4 heteroatoms. The van der Waals surface area contributed by atoms with E-state index in [9.17, 15) is 4.79 Å². The number of nitrogens with two attached hydrogens (primary N) is 1. The summed E-state index contributed by atoms with van der Waals surface area (Å²) in [6.07, 6.45) is 1.61. The van der Waals surface area contributed by atoms with E-state index in [0.717, 1.165) is 16.7 Å². The number of primary amides is 1. The molecule has 4 nitrogen and oxygen atoms in total. The maximum absolute atomic E-state index is 11.3. The molecular formula is C15H12N2O2. The first-order valence-corrected chi connectivity index (χ1v) is 5.88. The van der Waals surface area contributed by atoms with Crippen molar-refractivity contribution >= 4 is 16.8 Å². The predicted molar refractivity (Wildman–Crippen MR) is 73.3 cm³/mol. The third kappa shape index (κ3) is 2.15. The van der Waals surface area contributed by atoms with Crippen molar-refractivity contribution in [2.45, 2.75) is 0 Å². The Balaban J connectivity index is 2.01. The molecule has 1 amide bonds. The van der Waals surface area contributed by atoms with Crippen LogP contribution < -0.4 is 10.5 Å². The Labute approximate surface area is 109 Å². The second-order valence-corrected chi connectivity index (χ2v) is 4.19. The lowest BCUT2D eigenvalue weighted by Gasteiger charge is -2.05. The molecule has 1 aromatic heterocycles. The second-order valence-electron chi connectivity index (χ2n) is 4.19. The quantitative estimate of drug-likeness (QED) is 0.752. The number of carbonyl (C=O) groups is 1. The van der Waals surface area contributed by atoms with E-state index in [4.69, 9.17) is 10.5 Å². The zero-order valence-electron chi connectivity index (χ0n) is 10.1. The van der Waals surface area contributed by atoms with Crippen molar-refractivity contribution in [1.82, 2.24) is 4.98 Å². The number of ether oxygens (including phenoxy) is 1. The minimum atomic E-state index is -0.455. The summed E-state index contributed by atoms with van der Waals surface area (Å²) in [5.41, 5.74) is 6.65. The van der Waals surface area contributed by atoms with Crippen LogP contribution in [0.25, 0.3) is 10.9 Å². The Kier molecular flexibility index (Phi) is 2.68. The van der Waals surface area contributed by atoms with E-state index in [2.05, 4.69) is 4.98 Å². The first-order valence-electron chi connectivity index (χ1n) is 5.88. The first kappa shape index (κ1) is 11.3. The average molecular weight is 252 g/mol. The number of nitrogens with one attached hydrogen (secondary N) is 1. The third-order valence-corrected chi connectivity index (χ3v) is 2.90. The van der Waals surface area contributed by atoms with Crippen LogP contribution in [0, 0.1) is 0 Å². The van der Waals surface area contributed by atoms with Crippen molar-refractivity contribution in [2.24, 2.45) is 5.73 Å². The molecule has 0 fully saturated rings. The standard InChI is InChI=1S/C15H12N2O2/c16-15(18)13-9-17-14-7-6-11(8-12(13)14)19-10-4-2-1-3-5-10/h1-9,17H,(H2,16,18). The Morgan fingerprint density at radius 2 is 1.84 bits per heavy atom. The summed E-state index contributed by atoms with van der Waals surface area (Å²) in [5, 5.41) is 0.765. The van der Waals surface area contributed by atoms with Crippen molar-refractivity contribution in [3.63, 3.8) is 0 Å². The monoisotopic (exact) mass is 252 g/mol. The number of amides is 1. The first-order chi connectivity index (χ1) is 9.24. The van der Waals surface area contributed by atoms with E-state index >= 15 is 0 Å². The van der Waals surface area contributed by atoms with Crippen molar-refractivity contribution < 1.29 is 9.53 Å². The molecule has 0 atom stereocenters. The van der Waals surface area contributed by atoms with Gasteiger partial charge >= 0.3 is 0 Å². The van der Waals surface area contributed by atoms with Crippen LogP contribution in [-0.2, 0) is 0 Å². The van der Waals surface area contributed by atoms with Crippen molar-refractivity contribution in [3.8, 4) is 11.5 Å². The highest BCUT2D eigenvalue weighted by Gasteiger charge is 2.09. The average Bonchev–Trinajstić information content (AvgIpc) is 2.83. The highest BCUT2D eigenvalue weighted by molar-refractivity contribution is 6.06. The molecule has 3 rings (SSSR count). The molecule has 1 heterocycles. The summed E-state index contributed by atoms with van der Waals surface area (Å²) in [4.78, 5) is 14.3. The van der Waals surface area contributed by atoms with Gasteiger partial charge in [-0.15, -0.1) is 0 Å². The number of aromatic amines is 1. The molecule has 0 saturated heterocycles. The molecule has 94 valence electrons. The fourth-order valence-corrected chi connectivity index (χ4v) is 1.99. The van der Waals surface area contributed by atoms with Gasteiger partial charge in [-0.25, -0.2) is 0 Å².